The van der Waals surface area contributed by atoms with E-state index in [1.807, 2.05) is 115 Å². The summed E-state index contributed by atoms with van der Waals surface area (Å²) >= 11 is 3.40. The summed E-state index contributed by atoms with van der Waals surface area (Å²) in [7, 11) is 0. The molecule has 12 nitrogen and oxygen atoms in total. The Hall–Kier alpha value is -6.73. The smallest absolute Gasteiger partial charge is 0.325 e. The third-order valence-electron chi connectivity index (χ3n) is 10.0. The number of esters is 2. The molecule has 0 fully saturated rings. The van der Waals surface area contributed by atoms with E-state index in [2.05, 4.69) is 67.7 Å². The van der Waals surface area contributed by atoms with Crippen molar-refractivity contribution in [1.29, 1.82) is 0 Å². The molecule has 0 spiro atoms. The third kappa shape index (κ3) is 8.13. The summed E-state index contributed by atoms with van der Waals surface area (Å²) in [5.41, 5.74) is 4.46. The first kappa shape index (κ1) is 41.4. The summed E-state index contributed by atoms with van der Waals surface area (Å²) in [5, 5.41) is 18.2. The van der Waals surface area contributed by atoms with Gasteiger partial charge in [0.05, 0.1) is 36.4 Å². The Balaban J connectivity index is 1.31. The first-order chi connectivity index (χ1) is 29.3. The summed E-state index contributed by atoms with van der Waals surface area (Å²) in [6.45, 7) is 5.46. The predicted molar refractivity (Wildman–Crippen MR) is 230 cm³/mol. The van der Waals surface area contributed by atoms with Gasteiger partial charge >= 0.3 is 11.9 Å². The molecular weight excluding hydrogens is 824 g/mol. The van der Waals surface area contributed by atoms with E-state index < -0.39 is 29.0 Å². The maximum atomic E-state index is 14.1. The average molecular weight is 868 g/mol. The van der Waals surface area contributed by atoms with Gasteiger partial charge in [-0.15, -0.1) is 10.2 Å². The standard InChI is InChI=1S/C47H43BrN6O6/c1-4-30-60-43-41(48)39(40(45(56)58-5-2)46(57)59-6-3)44(55)53(50-43)31-32-26-28-33(29-27-32)37-24-16-17-25-38(37)42-49-51-52-54(42)47(34-18-10-7-11-19-34,35-20-12-8-13-21-35)36-22-14-9-15-23-36/h7-29,40H,4-6,30-31H2,1-3H3. The van der Waals surface area contributed by atoms with E-state index in [0.717, 1.165) is 38.9 Å². The van der Waals surface area contributed by atoms with Crippen LogP contribution in [0.2, 0.25) is 0 Å². The number of nitrogens with zero attached hydrogens (tertiary/aromatic N) is 6. The quantitative estimate of drug-likeness (QED) is 0.0530. The fourth-order valence-electron chi connectivity index (χ4n) is 7.36. The van der Waals surface area contributed by atoms with Gasteiger partial charge in [-0.25, -0.2) is 9.36 Å². The molecule has 0 aliphatic carbocycles. The van der Waals surface area contributed by atoms with Crippen molar-refractivity contribution < 1.29 is 23.8 Å². The maximum absolute atomic E-state index is 14.1. The van der Waals surface area contributed by atoms with Crippen molar-refractivity contribution in [3.05, 3.63) is 182 Å². The third-order valence-corrected chi connectivity index (χ3v) is 10.8. The average Bonchev–Trinajstić information content (AvgIpc) is 3.77. The molecule has 7 aromatic rings. The zero-order valence-electron chi connectivity index (χ0n) is 33.4. The Morgan fingerprint density at radius 2 is 1.22 bits per heavy atom. The van der Waals surface area contributed by atoms with Gasteiger partial charge in [0.1, 0.15) is 5.54 Å². The molecule has 0 aliphatic heterocycles. The molecule has 304 valence electrons. The molecule has 0 unspecified atom stereocenters. The lowest BCUT2D eigenvalue weighted by atomic mass is 9.77. The van der Waals surface area contributed by atoms with Crippen molar-refractivity contribution in [2.45, 2.75) is 45.2 Å². The Morgan fingerprint density at radius 1 is 0.700 bits per heavy atom. The molecule has 0 saturated heterocycles. The van der Waals surface area contributed by atoms with E-state index in [-0.39, 0.29) is 42.3 Å². The van der Waals surface area contributed by atoms with Crippen molar-refractivity contribution >= 4 is 27.9 Å². The summed E-state index contributed by atoms with van der Waals surface area (Å²) in [4.78, 5) is 40.5. The van der Waals surface area contributed by atoms with Gasteiger partial charge in [-0.05, 0) is 80.0 Å². The van der Waals surface area contributed by atoms with Crippen LogP contribution in [0, 0.1) is 0 Å². The van der Waals surface area contributed by atoms with Crippen molar-refractivity contribution in [2.75, 3.05) is 19.8 Å². The Kier molecular flexibility index (Phi) is 13.0. The van der Waals surface area contributed by atoms with Crippen LogP contribution in [-0.2, 0) is 31.1 Å². The Bertz CT molecular complexity index is 2500. The lowest BCUT2D eigenvalue weighted by molar-refractivity contribution is -0.157. The molecule has 2 aromatic heterocycles. The number of hydrogen-bond acceptors (Lipinski definition) is 10. The van der Waals surface area contributed by atoms with Gasteiger partial charge in [-0.2, -0.15) is 0 Å². The minimum Gasteiger partial charge on any atom is -0.476 e. The van der Waals surface area contributed by atoms with Crippen LogP contribution < -0.4 is 10.3 Å². The van der Waals surface area contributed by atoms with Gasteiger partial charge in [0, 0.05) is 5.56 Å². The number of carbonyl (C=O) groups excluding carboxylic acids is 2. The van der Waals surface area contributed by atoms with Crippen molar-refractivity contribution in [1.82, 2.24) is 30.0 Å². The van der Waals surface area contributed by atoms with Gasteiger partial charge in [0.2, 0.25) is 5.88 Å². The van der Waals surface area contributed by atoms with E-state index >= 15 is 0 Å². The molecule has 13 heteroatoms. The van der Waals surface area contributed by atoms with Gasteiger partial charge in [-0.3, -0.25) is 14.4 Å². The topological polar surface area (TPSA) is 140 Å². The predicted octanol–water partition coefficient (Wildman–Crippen LogP) is 8.21. The second-order valence-corrected chi connectivity index (χ2v) is 14.5. The highest BCUT2D eigenvalue weighted by Crippen LogP contribution is 2.43. The van der Waals surface area contributed by atoms with Crippen LogP contribution >= 0.6 is 15.9 Å². The number of carbonyl (C=O) groups is 2. The summed E-state index contributed by atoms with van der Waals surface area (Å²) in [6, 6.07) is 46.3. The molecule has 0 atom stereocenters. The number of benzene rings is 5. The molecule has 0 radical (unpaired) electrons. The van der Waals surface area contributed by atoms with Crippen LogP contribution in [0.4, 0.5) is 0 Å². The van der Waals surface area contributed by atoms with E-state index in [1.165, 1.54) is 4.68 Å². The van der Waals surface area contributed by atoms with Gasteiger partial charge in [-0.1, -0.05) is 146 Å². The molecule has 0 saturated carbocycles. The molecule has 0 aliphatic rings. The van der Waals surface area contributed by atoms with Gasteiger partial charge in [0.25, 0.3) is 5.56 Å². The first-order valence-electron chi connectivity index (χ1n) is 19.7. The molecule has 7 rings (SSSR count). The molecule has 2 heterocycles. The zero-order chi connectivity index (χ0) is 42.1. The molecule has 0 amide bonds. The van der Waals surface area contributed by atoms with Crippen LogP contribution in [0.15, 0.2) is 149 Å². The fraction of sp³-hybridized carbons (Fsp3) is 0.213. The second kappa shape index (κ2) is 18.9. The summed E-state index contributed by atoms with van der Waals surface area (Å²) < 4.78 is 19.5. The number of ether oxygens (including phenoxy) is 3. The highest BCUT2D eigenvalue weighted by atomic mass is 79.9. The minimum atomic E-state index is -1.65. The van der Waals surface area contributed by atoms with Crippen molar-refractivity contribution in [3.8, 4) is 28.4 Å². The lowest BCUT2D eigenvalue weighted by Gasteiger charge is -2.36. The summed E-state index contributed by atoms with van der Waals surface area (Å²) in [6.07, 6.45) is 0.656. The van der Waals surface area contributed by atoms with Crippen LogP contribution in [0.5, 0.6) is 5.88 Å². The monoisotopic (exact) mass is 866 g/mol. The molecule has 0 bridgehead atoms. The van der Waals surface area contributed by atoms with Crippen LogP contribution in [0.1, 0.15) is 60.9 Å². The van der Waals surface area contributed by atoms with Gasteiger partial charge in [0.15, 0.2) is 11.7 Å². The van der Waals surface area contributed by atoms with E-state index in [9.17, 15) is 14.4 Å². The van der Waals surface area contributed by atoms with Crippen LogP contribution in [0.3, 0.4) is 0 Å². The van der Waals surface area contributed by atoms with Gasteiger partial charge < -0.3 is 14.2 Å². The van der Waals surface area contributed by atoms with Crippen molar-refractivity contribution in [3.63, 3.8) is 0 Å². The lowest BCUT2D eigenvalue weighted by Crippen LogP contribution is -2.39. The number of hydrogen-bond donors (Lipinski definition) is 0. The normalized spacial score (nSPS) is 11.3. The Morgan fingerprint density at radius 3 is 1.73 bits per heavy atom. The van der Waals surface area contributed by atoms with Crippen LogP contribution in [0.25, 0.3) is 22.5 Å². The molecule has 5 aromatic carbocycles. The summed E-state index contributed by atoms with van der Waals surface area (Å²) in [5.74, 6) is -2.84. The molecular formula is C47H43BrN6O6. The Labute approximate surface area is 355 Å². The highest BCUT2D eigenvalue weighted by Gasteiger charge is 2.42. The number of rotatable bonds is 16. The molecule has 0 N–H and O–H groups in total. The van der Waals surface area contributed by atoms with Crippen LogP contribution in [-0.4, -0.2) is 61.7 Å². The van der Waals surface area contributed by atoms with E-state index in [1.54, 1.807) is 13.8 Å². The fourth-order valence-corrected chi connectivity index (χ4v) is 7.95. The number of aromatic nitrogens is 6. The number of halogens is 1. The largest absolute Gasteiger partial charge is 0.476 e. The van der Waals surface area contributed by atoms with E-state index in [4.69, 9.17) is 19.4 Å². The molecule has 60 heavy (non-hydrogen) atoms. The second-order valence-electron chi connectivity index (χ2n) is 13.7. The zero-order valence-corrected chi connectivity index (χ0v) is 35.0. The first-order valence-corrected chi connectivity index (χ1v) is 20.5. The van der Waals surface area contributed by atoms with Crippen molar-refractivity contribution in [2.24, 2.45) is 0 Å². The highest BCUT2D eigenvalue weighted by molar-refractivity contribution is 9.10. The number of tetrazole rings is 1. The van der Waals surface area contributed by atoms with E-state index in [0.29, 0.717) is 12.2 Å². The minimum absolute atomic E-state index is 0.00314. The maximum Gasteiger partial charge on any atom is 0.325 e. The SMILES string of the molecule is CCCOc1nn(Cc2ccc(-c3ccccc3-c3nnnn3C(c3ccccc3)(c3ccccc3)c3ccccc3)cc2)c(=O)c(C(C(=O)OCC)C(=O)OCC)c1Br.